The summed E-state index contributed by atoms with van der Waals surface area (Å²) in [6.45, 7) is 1.33. The van der Waals surface area contributed by atoms with E-state index in [4.69, 9.17) is 4.74 Å². The van der Waals surface area contributed by atoms with Crippen LogP contribution in [0.4, 0.5) is 5.69 Å². The van der Waals surface area contributed by atoms with E-state index >= 15 is 0 Å². The summed E-state index contributed by atoms with van der Waals surface area (Å²) in [5, 5.41) is 19.8. The molecule has 2 aromatic heterocycles. The van der Waals surface area contributed by atoms with Crippen LogP contribution in [0.3, 0.4) is 0 Å². The van der Waals surface area contributed by atoms with Crippen molar-refractivity contribution in [3.05, 3.63) is 79.9 Å². The van der Waals surface area contributed by atoms with Crippen LogP contribution in [0.1, 0.15) is 21.7 Å². The summed E-state index contributed by atoms with van der Waals surface area (Å²) in [6.07, 6.45) is 0. The minimum Gasteiger partial charge on any atom is -0.454 e. The van der Waals surface area contributed by atoms with E-state index in [1.807, 2.05) is 0 Å². The van der Waals surface area contributed by atoms with E-state index in [1.165, 1.54) is 16.7 Å². The van der Waals surface area contributed by atoms with E-state index in [-0.39, 0.29) is 29.2 Å². The molecule has 2 aromatic carbocycles. The van der Waals surface area contributed by atoms with Gasteiger partial charge < -0.3 is 4.74 Å². The molecule has 0 aliphatic heterocycles. The molecule has 10 nitrogen and oxygen atoms in total. The molecule has 0 spiro atoms. The van der Waals surface area contributed by atoms with Crippen molar-refractivity contribution in [3.8, 4) is 0 Å². The molecule has 0 N–H and O–H groups in total. The zero-order chi connectivity index (χ0) is 20.7. The van der Waals surface area contributed by atoms with Crippen LogP contribution in [0.15, 0.2) is 47.3 Å². The molecule has 0 radical (unpaired) electrons. The molecule has 0 bridgehead atoms. The molecule has 2 heterocycles. The number of esters is 1. The maximum Gasteiger partial charge on any atom is 0.345 e. The van der Waals surface area contributed by atoms with Crippen LogP contribution in [0.5, 0.6) is 0 Å². The highest BCUT2D eigenvalue weighted by Crippen LogP contribution is 2.23. The molecule has 29 heavy (non-hydrogen) atoms. The average molecular weight is 393 g/mol. The highest BCUT2D eigenvalue weighted by molar-refractivity contribution is 5.95. The molecule has 0 unspecified atom stereocenters. The lowest BCUT2D eigenvalue weighted by Gasteiger charge is -2.09. The van der Waals surface area contributed by atoms with Crippen molar-refractivity contribution in [1.82, 2.24) is 19.2 Å². The minimum atomic E-state index is -0.833. The summed E-state index contributed by atoms with van der Waals surface area (Å²) in [4.78, 5) is 35.7. The fourth-order valence-electron chi connectivity index (χ4n) is 3.26. The Morgan fingerprint density at radius 1 is 1.17 bits per heavy atom. The SMILES string of the molecule is Cc1cccc([N+](=O)[O-])c1C(=O)OCc1nnc2n(C)c(=O)c3ccccc3n12. The van der Waals surface area contributed by atoms with Gasteiger partial charge >= 0.3 is 5.97 Å². The Morgan fingerprint density at radius 2 is 1.93 bits per heavy atom. The van der Waals surface area contributed by atoms with E-state index in [2.05, 4.69) is 10.2 Å². The summed E-state index contributed by atoms with van der Waals surface area (Å²) in [6, 6.07) is 11.3. The van der Waals surface area contributed by atoms with Crippen molar-refractivity contribution < 1.29 is 14.5 Å². The van der Waals surface area contributed by atoms with Gasteiger partial charge in [0.05, 0.1) is 15.8 Å². The number of carbonyl (C=O) groups excluding carboxylic acids is 1. The first-order valence-electron chi connectivity index (χ1n) is 8.63. The monoisotopic (exact) mass is 393 g/mol. The van der Waals surface area contributed by atoms with Gasteiger partial charge in [-0.05, 0) is 24.6 Å². The van der Waals surface area contributed by atoms with Gasteiger partial charge in [-0.25, -0.2) is 4.79 Å². The lowest BCUT2D eigenvalue weighted by atomic mass is 10.1. The van der Waals surface area contributed by atoms with Gasteiger partial charge in [0, 0.05) is 13.1 Å². The van der Waals surface area contributed by atoms with Crippen LogP contribution >= 0.6 is 0 Å². The van der Waals surface area contributed by atoms with E-state index in [9.17, 15) is 19.7 Å². The Labute approximate surface area is 163 Å². The van der Waals surface area contributed by atoms with E-state index in [1.54, 1.807) is 48.7 Å². The highest BCUT2D eigenvalue weighted by atomic mass is 16.6. The molecule has 0 saturated carbocycles. The van der Waals surface area contributed by atoms with Crippen molar-refractivity contribution in [2.45, 2.75) is 13.5 Å². The number of nitrogens with zero attached hydrogens (tertiary/aromatic N) is 5. The van der Waals surface area contributed by atoms with Gasteiger partial charge in [0.2, 0.25) is 5.78 Å². The number of ether oxygens (including phenoxy) is 1. The number of nitro benzene ring substituents is 1. The van der Waals surface area contributed by atoms with Gasteiger partial charge in [0.1, 0.15) is 5.56 Å². The Bertz CT molecular complexity index is 1350. The molecule has 0 fully saturated rings. The molecular formula is C19H15N5O5. The average Bonchev–Trinajstić information content (AvgIpc) is 3.14. The van der Waals surface area contributed by atoms with Crippen LogP contribution in [-0.4, -0.2) is 30.1 Å². The maximum absolute atomic E-state index is 12.6. The number of aromatic nitrogens is 4. The van der Waals surface area contributed by atoms with Gasteiger partial charge in [-0.1, -0.05) is 24.3 Å². The molecule has 0 atom stereocenters. The summed E-state index contributed by atoms with van der Waals surface area (Å²) in [5.74, 6) is -0.251. The largest absolute Gasteiger partial charge is 0.454 e. The number of aryl methyl sites for hydroxylation is 2. The van der Waals surface area contributed by atoms with Crippen molar-refractivity contribution in [2.24, 2.45) is 7.05 Å². The standard InChI is InChI=1S/C19H15N5O5/c1-11-6-5-9-14(24(27)28)16(11)18(26)29-10-15-20-21-19-22(2)17(25)12-7-3-4-8-13(12)23(15)19/h3-9H,10H2,1-2H3. The van der Waals surface area contributed by atoms with Crippen LogP contribution < -0.4 is 5.56 Å². The first-order valence-corrected chi connectivity index (χ1v) is 8.63. The fourth-order valence-corrected chi connectivity index (χ4v) is 3.26. The van der Waals surface area contributed by atoms with Crippen LogP contribution in [0.25, 0.3) is 16.7 Å². The number of hydrogen-bond donors (Lipinski definition) is 0. The zero-order valence-corrected chi connectivity index (χ0v) is 15.5. The van der Waals surface area contributed by atoms with Crippen molar-refractivity contribution in [2.75, 3.05) is 0 Å². The maximum atomic E-state index is 12.6. The number of hydrogen-bond acceptors (Lipinski definition) is 7. The summed E-state index contributed by atoms with van der Waals surface area (Å²) >= 11 is 0. The molecular weight excluding hydrogens is 378 g/mol. The summed E-state index contributed by atoms with van der Waals surface area (Å²) < 4.78 is 8.29. The van der Waals surface area contributed by atoms with Gasteiger partial charge in [0.25, 0.3) is 11.2 Å². The molecule has 0 saturated heterocycles. The number of nitro groups is 1. The Kier molecular flexibility index (Phi) is 4.30. The predicted molar refractivity (Wildman–Crippen MR) is 103 cm³/mol. The van der Waals surface area contributed by atoms with Gasteiger partial charge in [0.15, 0.2) is 12.4 Å². The smallest absolute Gasteiger partial charge is 0.345 e. The molecule has 0 aliphatic rings. The number of fused-ring (bicyclic) bond motifs is 3. The summed E-state index contributed by atoms with van der Waals surface area (Å²) in [5.41, 5.74) is 0.351. The zero-order valence-electron chi connectivity index (χ0n) is 15.5. The topological polar surface area (TPSA) is 122 Å². The lowest BCUT2D eigenvalue weighted by Crippen LogP contribution is -2.20. The minimum absolute atomic E-state index is 0.108. The third-order valence-electron chi connectivity index (χ3n) is 4.68. The third kappa shape index (κ3) is 2.90. The fraction of sp³-hybridized carbons (Fsp3) is 0.158. The second kappa shape index (κ2) is 6.82. The Balaban J connectivity index is 1.75. The van der Waals surface area contributed by atoms with Crippen molar-refractivity contribution in [3.63, 3.8) is 0 Å². The molecule has 146 valence electrons. The normalized spacial score (nSPS) is 11.1. The first-order chi connectivity index (χ1) is 13.9. The number of benzene rings is 2. The lowest BCUT2D eigenvalue weighted by molar-refractivity contribution is -0.385. The number of para-hydroxylation sites is 1. The highest BCUT2D eigenvalue weighted by Gasteiger charge is 2.24. The van der Waals surface area contributed by atoms with E-state index in [0.29, 0.717) is 22.2 Å². The van der Waals surface area contributed by atoms with Gasteiger partial charge in [-0.15, -0.1) is 10.2 Å². The van der Waals surface area contributed by atoms with Crippen LogP contribution in [0, 0.1) is 17.0 Å². The molecule has 0 aliphatic carbocycles. The van der Waals surface area contributed by atoms with Gasteiger partial charge in [-0.2, -0.15) is 0 Å². The summed E-state index contributed by atoms with van der Waals surface area (Å²) in [7, 11) is 1.57. The van der Waals surface area contributed by atoms with Crippen LogP contribution in [-0.2, 0) is 18.4 Å². The number of carbonyl (C=O) groups is 1. The van der Waals surface area contributed by atoms with Gasteiger partial charge in [-0.3, -0.25) is 23.9 Å². The number of rotatable bonds is 4. The molecule has 4 rings (SSSR count). The molecule has 0 amide bonds. The Hall–Kier alpha value is -4.08. The van der Waals surface area contributed by atoms with Crippen LogP contribution in [0.2, 0.25) is 0 Å². The third-order valence-corrected chi connectivity index (χ3v) is 4.68. The van der Waals surface area contributed by atoms with Crippen molar-refractivity contribution >= 4 is 28.3 Å². The quantitative estimate of drug-likeness (QED) is 0.296. The first kappa shape index (κ1) is 18.3. The second-order valence-corrected chi connectivity index (χ2v) is 6.44. The Morgan fingerprint density at radius 3 is 2.69 bits per heavy atom. The predicted octanol–water partition coefficient (Wildman–Crippen LogP) is 2.15. The molecule has 10 heteroatoms. The second-order valence-electron chi connectivity index (χ2n) is 6.44. The molecule has 4 aromatic rings. The van der Waals surface area contributed by atoms with E-state index < -0.39 is 10.9 Å². The van der Waals surface area contributed by atoms with E-state index in [0.717, 1.165) is 0 Å². The van der Waals surface area contributed by atoms with Crippen molar-refractivity contribution in [1.29, 1.82) is 0 Å².